The van der Waals surface area contributed by atoms with Gasteiger partial charge in [-0.05, 0) is 51.4 Å². The van der Waals surface area contributed by atoms with Crippen LogP contribution in [0.2, 0.25) is 0 Å². The summed E-state index contributed by atoms with van der Waals surface area (Å²) in [5, 5.41) is 26.9. The van der Waals surface area contributed by atoms with Crippen LogP contribution in [0.25, 0.3) is 0 Å². The number of aliphatic hydroxyl groups is 1. The zero-order valence-electron chi connectivity index (χ0n) is 27.4. The van der Waals surface area contributed by atoms with Gasteiger partial charge in [0.2, 0.25) is 0 Å². The summed E-state index contributed by atoms with van der Waals surface area (Å²) in [6.07, 6.45) is 37.5. The molecule has 0 aliphatic rings. The molecule has 3 N–H and O–H groups in total. The zero-order valence-corrected chi connectivity index (χ0v) is 27.4. The van der Waals surface area contributed by atoms with Crippen molar-refractivity contribution in [2.45, 2.75) is 206 Å². The van der Waals surface area contributed by atoms with Crippen LogP contribution in [0, 0.1) is 0 Å². The number of hydrogen-bond acceptors (Lipinski definition) is 3. The fraction of sp³-hybridized carbons (Fsp3) is 0.889. The molecule has 0 rings (SSSR count). The molecule has 42 heavy (non-hydrogen) atoms. The van der Waals surface area contributed by atoms with E-state index in [2.05, 4.69) is 26.0 Å². The molecule has 0 aromatic carbocycles. The quantitative estimate of drug-likeness (QED) is 0.0405. The summed E-state index contributed by atoms with van der Waals surface area (Å²) < 4.78 is 0. The van der Waals surface area contributed by atoms with E-state index in [1.165, 1.54) is 122 Å². The molecule has 0 heterocycles. The minimum atomic E-state index is -0.678. The van der Waals surface area contributed by atoms with Gasteiger partial charge in [-0.25, -0.2) is 0 Å². The third kappa shape index (κ3) is 46.8. The Morgan fingerprint density at radius 1 is 0.476 bits per heavy atom. The number of carbonyl (C=O) groups is 2. The number of aliphatic carboxylic acids is 2. The second kappa shape index (κ2) is 40.9. The van der Waals surface area contributed by atoms with Crippen LogP contribution in [-0.4, -0.2) is 71.1 Å². The monoisotopic (exact) mass is 625 g/mol. The minimum absolute atomic E-state index is 0. The molecule has 0 bridgehead atoms. The van der Waals surface area contributed by atoms with E-state index in [-0.39, 0.29) is 43.8 Å². The van der Waals surface area contributed by atoms with Crippen LogP contribution in [0.5, 0.6) is 0 Å². The van der Waals surface area contributed by atoms with Crippen molar-refractivity contribution in [1.82, 2.24) is 0 Å². The van der Waals surface area contributed by atoms with Crippen LogP contribution in [-0.2, 0) is 9.59 Å². The average Bonchev–Trinajstić information content (AvgIpc) is 2.94. The van der Waals surface area contributed by atoms with E-state index in [4.69, 9.17) is 10.2 Å². The van der Waals surface area contributed by atoms with Gasteiger partial charge in [-0.15, -0.1) is 0 Å². The Hall–Kier alpha value is -0.100. The van der Waals surface area contributed by atoms with Gasteiger partial charge in [0.1, 0.15) is 0 Å². The van der Waals surface area contributed by atoms with E-state index in [1.54, 1.807) is 0 Å². The van der Waals surface area contributed by atoms with Crippen LogP contribution >= 0.6 is 0 Å². The topological polar surface area (TPSA) is 94.8 Å². The molecule has 0 amide bonds. The molecule has 248 valence electrons. The van der Waals surface area contributed by atoms with Gasteiger partial charge in [-0.1, -0.05) is 148 Å². The molecular weight excluding hydrogens is 552 g/mol. The number of rotatable bonds is 31. The molecule has 0 aliphatic heterocycles. The first kappa shape index (κ1) is 46.3. The van der Waals surface area contributed by atoms with Crippen molar-refractivity contribution >= 4 is 49.7 Å². The molecular formula is C36H72CaO5. The number of carboxylic acids is 2. The number of allylic oxidation sites excluding steroid dienone is 2. The van der Waals surface area contributed by atoms with Gasteiger partial charge < -0.3 is 15.3 Å². The Bertz CT molecular complexity index is 567. The summed E-state index contributed by atoms with van der Waals surface area (Å²) in [5.74, 6) is -1.34. The molecule has 1 atom stereocenters. The molecule has 0 spiro atoms. The number of carboxylic acid groups (broad SMARTS) is 2. The van der Waals surface area contributed by atoms with Crippen molar-refractivity contribution in [1.29, 1.82) is 0 Å². The zero-order chi connectivity index (χ0) is 30.7. The Balaban J connectivity index is -0.000000708. The van der Waals surface area contributed by atoms with Crippen molar-refractivity contribution in [3.05, 3.63) is 12.2 Å². The van der Waals surface area contributed by atoms with Crippen molar-refractivity contribution in [2.75, 3.05) is 0 Å². The molecule has 6 heteroatoms. The molecule has 1 unspecified atom stereocenters. The first-order valence-electron chi connectivity index (χ1n) is 17.7. The summed E-state index contributed by atoms with van der Waals surface area (Å²) in [6.45, 7) is 4.47. The summed E-state index contributed by atoms with van der Waals surface area (Å²) >= 11 is 0. The summed E-state index contributed by atoms with van der Waals surface area (Å²) in [5.41, 5.74) is 0. The third-order valence-electron chi connectivity index (χ3n) is 7.72. The Labute approximate surface area is 291 Å². The van der Waals surface area contributed by atoms with Crippen molar-refractivity contribution in [2.24, 2.45) is 0 Å². The number of aliphatic hydroxyl groups excluding tert-OH is 1. The molecule has 0 aliphatic carbocycles. The fourth-order valence-corrected chi connectivity index (χ4v) is 5.01. The van der Waals surface area contributed by atoms with Gasteiger partial charge in [0, 0.05) is 12.8 Å². The van der Waals surface area contributed by atoms with Gasteiger partial charge in [0.05, 0.1) is 6.10 Å². The van der Waals surface area contributed by atoms with E-state index in [1.807, 2.05) is 0 Å². The third-order valence-corrected chi connectivity index (χ3v) is 7.72. The molecule has 0 aromatic rings. The number of hydrogen-bond donors (Lipinski definition) is 3. The normalized spacial score (nSPS) is 11.6. The Morgan fingerprint density at radius 2 is 0.762 bits per heavy atom. The van der Waals surface area contributed by atoms with E-state index >= 15 is 0 Å². The number of unbranched alkanes of at least 4 members (excludes halogenated alkanes) is 21. The van der Waals surface area contributed by atoms with Gasteiger partial charge >= 0.3 is 49.7 Å². The van der Waals surface area contributed by atoms with Gasteiger partial charge in [0.15, 0.2) is 0 Å². The van der Waals surface area contributed by atoms with E-state index < -0.39 is 11.9 Å². The maximum absolute atomic E-state index is 10.3. The van der Waals surface area contributed by atoms with Crippen LogP contribution in [0.3, 0.4) is 0 Å². The van der Waals surface area contributed by atoms with Crippen LogP contribution < -0.4 is 0 Å². The molecule has 0 radical (unpaired) electrons. The fourth-order valence-electron chi connectivity index (χ4n) is 5.01. The second-order valence-electron chi connectivity index (χ2n) is 12.0. The summed E-state index contributed by atoms with van der Waals surface area (Å²) in [7, 11) is 0. The summed E-state index contributed by atoms with van der Waals surface area (Å²) in [4.78, 5) is 20.7. The van der Waals surface area contributed by atoms with Crippen LogP contribution in [0.1, 0.15) is 200 Å². The van der Waals surface area contributed by atoms with E-state index in [0.29, 0.717) is 12.8 Å². The van der Waals surface area contributed by atoms with Crippen molar-refractivity contribution < 1.29 is 24.9 Å². The second-order valence-corrected chi connectivity index (χ2v) is 12.0. The van der Waals surface area contributed by atoms with Crippen LogP contribution in [0.15, 0.2) is 12.2 Å². The van der Waals surface area contributed by atoms with Crippen molar-refractivity contribution in [3.8, 4) is 0 Å². The predicted molar refractivity (Wildman–Crippen MR) is 184 cm³/mol. The standard InChI is InChI=1S/C18H36O3.C18H34O2.Ca.2H/c1-2-3-4-11-14-17(19)15-12-9-7-5-6-8-10-13-16-18(20)21;1-2-3-4-5-6-7-8-9-10-11-12-13-14-15-16-17-18(19)20;;;/h17,19H,2-16H2,1H3,(H,20,21);9-10H,2-8,11-17H2,1H3,(H,19,20);;;/b;10-9-;;;. The Morgan fingerprint density at radius 3 is 1.12 bits per heavy atom. The van der Waals surface area contributed by atoms with Gasteiger partial charge in [0.25, 0.3) is 0 Å². The average molecular weight is 625 g/mol. The first-order chi connectivity index (χ1) is 19.9. The first-order valence-corrected chi connectivity index (χ1v) is 17.7. The predicted octanol–water partition coefficient (Wildman–Crippen LogP) is 10.5. The van der Waals surface area contributed by atoms with Crippen LogP contribution in [0.4, 0.5) is 0 Å². The molecule has 0 fully saturated rings. The SMILES string of the molecule is CCCCCCC(O)CCCCCCCCCCC(=O)O.CCCCCCCC/C=C\CCCCCCCC(=O)O.[CaH2]. The van der Waals surface area contributed by atoms with E-state index in [9.17, 15) is 14.7 Å². The van der Waals surface area contributed by atoms with Gasteiger partial charge in [-0.3, -0.25) is 9.59 Å². The van der Waals surface area contributed by atoms with Crippen molar-refractivity contribution in [3.63, 3.8) is 0 Å². The molecule has 0 aromatic heterocycles. The van der Waals surface area contributed by atoms with E-state index in [0.717, 1.165) is 51.4 Å². The maximum atomic E-state index is 10.3. The molecule has 0 saturated heterocycles. The Kier molecular flexibility index (Phi) is 45.1. The molecule has 5 nitrogen and oxygen atoms in total. The molecule has 0 saturated carbocycles. The summed E-state index contributed by atoms with van der Waals surface area (Å²) in [6, 6.07) is 0. The van der Waals surface area contributed by atoms with Gasteiger partial charge in [-0.2, -0.15) is 0 Å².